The Balaban J connectivity index is 0.00000529. The molecule has 1 aliphatic rings. The Morgan fingerprint density at radius 1 is 1.33 bits per heavy atom. The van der Waals surface area contributed by atoms with Gasteiger partial charge in [0.05, 0.1) is 6.54 Å². The van der Waals surface area contributed by atoms with E-state index >= 15 is 0 Å². The van der Waals surface area contributed by atoms with Crippen LogP contribution < -0.4 is 10.6 Å². The van der Waals surface area contributed by atoms with Gasteiger partial charge in [0.25, 0.3) is 0 Å². The highest BCUT2D eigenvalue weighted by Crippen LogP contribution is 2.19. The molecule has 1 saturated heterocycles. The van der Waals surface area contributed by atoms with Crippen molar-refractivity contribution in [3.05, 3.63) is 0 Å². The molecule has 24 heavy (non-hydrogen) atoms. The summed E-state index contributed by atoms with van der Waals surface area (Å²) in [5, 5.41) is 6.25. The molecule has 138 valence electrons. The molecule has 2 N–H and O–H groups in total. The Hall–Kier alpha value is -1.17. The molecule has 0 aromatic heterocycles. The fourth-order valence-corrected chi connectivity index (χ4v) is 2.32. The molecule has 1 fully saturated rings. The minimum atomic E-state index is -0.443. The van der Waals surface area contributed by atoms with E-state index in [1.165, 1.54) is 0 Å². The van der Waals surface area contributed by atoms with Crippen LogP contribution in [-0.2, 0) is 4.74 Å². The van der Waals surface area contributed by atoms with E-state index in [9.17, 15) is 4.79 Å². The van der Waals surface area contributed by atoms with E-state index in [0.717, 1.165) is 45.0 Å². The van der Waals surface area contributed by atoms with Crippen LogP contribution in [0.4, 0.5) is 4.79 Å². The Kier molecular flexibility index (Phi) is 10.8. The standard InChI is InChI=1S/C17H30N4O2.HI/c1-6-10-19-15(18-7-2)20-13-14-8-11-21(12-9-14)16(22)23-17(3,4)5;/h1,14H,7-13H2,2-5H3,(H2,18,19,20);1H. The van der Waals surface area contributed by atoms with Crippen molar-refractivity contribution in [1.29, 1.82) is 0 Å². The third-order valence-corrected chi connectivity index (χ3v) is 3.48. The number of halogens is 1. The van der Waals surface area contributed by atoms with Gasteiger partial charge in [-0.1, -0.05) is 5.92 Å². The van der Waals surface area contributed by atoms with Crippen molar-refractivity contribution < 1.29 is 9.53 Å². The molecule has 0 radical (unpaired) electrons. The highest BCUT2D eigenvalue weighted by atomic mass is 127. The van der Waals surface area contributed by atoms with E-state index in [-0.39, 0.29) is 30.1 Å². The lowest BCUT2D eigenvalue weighted by atomic mass is 9.97. The molecule has 0 unspecified atom stereocenters. The number of hydrogen-bond donors (Lipinski definition) is 2. The maximum absolute atomic E-state index is 12.0. The summed E-state index contributed by atoms with van der Waals surface area (Å²) in [6, 6.07) is 0. The fourth-order valence-electron chi connectivity index (χ4n) is 2.32. The molecule has 1 aliphatic heterocycles. The van der Waals surface area contributed by atoms with Crippen molar-refractivity contribution in [2.75, 3.05) is 32.7 Å². The SMILES string of the molecule is C#CCNC(=NCC1CCN(C(=O)OC(C)(C)C)CC1)NCC.I. The quantitative estimate of drug-likeness (QED) is 0.299. The van der Waals surface area contributed by atoms with Gasteiger partial charge in [0.2, 0.25) is 0 Å². The molecule has 0 atom stereocenters. The highest BCUT2D eigenvalue weighted by molar-refractivity contribution is 14.0. The van der Waals surface area contributed by atoms with E-state index in [2.05, 4.69) is 21.5 Å². The number of aliphatic imine (C=N–C) groups is 1. The summed E-state index contributed by atoms with van der Waals surface area (Å²) in [5.41, 5.74) is -0.443. The lowest BCUT2D eigenvalue weighted by molar-refractivity contribution is 0.0187. The van der Waals surface area contributed by atoms with Gasteiger partial charge in [-0.05, 0) is 46.5 Å². The van der Waals surface area contributed by atoms with Crippen molar-refractivity contribution in [3.63, 3.8) is 0 Å². The number of hydrogen-bond acceptors (Lipinski definition) is 3. The predicted molar refractivity (Wildman–Crippen MR) is 109 cm³/mol. The third-order valence-electron chi connectivity index (χ3n) is 3.48. The average molecular weight is 450 g/mol. The topological polar surface area (TPSA) is 66.0 Å². The normalized spacial score (nSPS) is 16.0. The van der Waals surface area contributed by atoms with E-state index in [1.54, 1.807) is 4.90 Å². The van der Waals surface area contributed by atoms with Crippen LogP contribution in [0.2, 0.25) is 0 Å². The maximum Gasteiger partial charge on any atom is 0.410 e. The first kappa shape index (κ1) is 22.8. The zero-order valence-electron chi connectivity index (χ0n) is 15.2. The lowest BCUT2D eigenvalue weighted by Crippen LogP contribution is -2.42. The Bertz CT molecular complexity index is 446. The van der Waals surface area contributed by atoms with Crippen LogP contribution in [0.5, 0.6) is 0 Å². The number of nitrogens with zero attached hydrogens (tertiary/aromatic N) is 2. The predicted octanol–water partition coefficient (Wildman–Crippen LogP) is 2.44. The third kappa shape index (κ3) is 9.21. The van der Waals surface area contributed by atoms with Gasteiger partial charge in [0.15, 0.2) is 5.96 Å². The summed E-state index contributed by atoms with van der Waals surface area (Å²) in [4.78, 5) is 18.4. The second-order valence-corrected chi connectivity index (χ2v) is 6.69. The molecule has 6 nitrogen and oxygen atoms in total. The summed E-state index contributed by atoms with van der Waals surface area (Å²) in [7, 11) is 0. The summed E-state index contributed by atoms with van der Waals surface area (Å²) in [6.07, 6.45) is 6.92. The molecule has 0 spiro atoms. The maximum atomic E-state index is 12.0. The van der Waals surface area contributed by atoms with Gasteiger partial charge in [0.1, 0.15) is 5.60 Å². The number of nitrogens with one attached hydrogen (secondary N) is 2. The molecule has 1 amide bonds. The van der Waals surface area contributed by atoms with Crippen LogP contribution in [0.25, 0.3) is 0 Å². The first-order valence-corrected chi connectivity index (χ1v) is 8.29. The molecule has 1 heterocycles. The highest BCUT2D eigenvalue weighted by Gasteiger charge is 2.26. The fraction of sp³-hybridized carbons (Fsp3) is 0.765. The molecule has 0 bridgehead atoms. The van der Waals surface area contributed by atoms with Crippen molar-refractivity contribution in [3.8, 4) is 12.3 Å². The van der Waals surface area contributed by atoms with Gasteiger partial charge in [-0.25, -0.2) is 4.79 Å². The minimum absolute atomic E-state index is 0. The second-order valence-electron chi connectivity index (χ2n) is 6.69. The first-order valence-electron chi connectivity index (χ1n) is 8.29. The Morgan fingerprint density at radius 2 is 1.96 bits per heavy atom. The van der Waals surface area contributed by atoms with Crippen molar-refractivity contribution in [2.24, 2.45) is 10.9 Å². The molecule has 0 aromatic rings. The van der Waals surface area contributed by atoms with E-state index in [1.807, 2.05) is 27.7 Å². The number of likely N-dealkylation sites (tertiary alicyclic amines) is 1. The van der Waals surface area contributed by atoms with Crippen LogP contribution >= 0.6 is 24.0 Å². The minimum Gasteiger partial charge on any atom is -0.444 e. The number of piperidine rings is 1. The van der Waals surface area contributed by atoms with Crippen molar-refractivity contribution in [2.45, 2.75) is 46.1 Å². The summed E-state index contributed by atoms with van der Waals surface area (Å²) in [5.74, 6) is 3.77. The molecule has 1 rings (SSSR count). The van der Waals surface area contributed by atoms with Crippen molar-refractivity contribution >= 4 is 36.0 Å². The van der Waals surface area contributed by atoms with Crippen molar-refractivity contribution in [1.82, 2.24) is 15.5 Å². The largest absolute Gasteiger partial charge is 0.444 e. The van der Waals surface area contributed by atoms with Crippen LogP contribution in [0, 0.1) is 18.3 Å². The summed E-state index contributed by atoms with van der Waals surface area (Å²) in [6.45, 7) is 11.1. The van der Waals surface area contributed by atoms with Crippen LogP contribution in [0.15, 0.2) is 4.99 Å². The van der Waals surface area contributed by atoms with E-state index in [4.69, 9.17) is 11.2 Å². The Morgan fingerprint density at radius 3 is 2.46 bits per heavy atom. The molecular weight excluding hydrogens is 419 g/mol. The average Bonchev–Trinajstić information content (AvgIpc) is 2.49. The Labute approximate surface area is 163 Å². The van der Waals surface area contributed by atoms with Gasteiger partial charge in [-0.2, -0.15) is 0 Å². The van der Waals surface area contributed by atoms with Crippen LogP contribution in [-0.4, -0.2) is 55.3 Å². The number of guanidine groups is 1. The van der Waals surface area contributed by atoms with Crippen LogP contribution in [0.1, 0.15) is 40.5 Å². The van der Waals surface area contributed by atoms with Crippen LogP contribution in [0.3, 0.4) is 0 Å². The molecule has 0 aromatic carbocycles. The molecular formula is C17H31IN4O2. The first-order chi connectivity index (χ1) is 10.9. The number of carbonyl (C=O) groups is 1. The molecule has 7 heteroatoms. The number of carbonyl (C=O) groups excluding carboxylic acids is 1. The number of rotatable bonds is 4. The zero-order valence-corrected chi connectivity index (χ0v) is 17.6. The second kappa shape index (κ2) is 11.4. The smallest absolute Gasteiger partial charge is 0.410 e. The van der Waals surface area contributed by atoms with Gasteiger partial charge >= 0.3 is 6.09 Å². The van der Waals surface area contributed by atoms with Gasteiger partial charge < -0.3 is 20.3 Å². The zero-order chi connectivity index (χ0) is 17.3. The monoisotopic (exact) mass is 450 g/mol. The van der Waals surface area contributed by atoms with Gasteiger partial charge in [-0.3, -0.25) is 4.99 Å². The van der Waals surface area contributed by atoms with Gasteiger partial charge in [0, 0.05) is 26.2 Å². The molecule has 0 saturated carbocycles. The summed E-state index contributed by atoms with van der Waals surface area (Å²) < 4.78 is 5.41. The van der Waals surface area contributed by atoms with E-state index in [0.29, 0.717) is 12.5 Å². The summed E-state index contributed by atoms with van der Waals surface area (Å²) >= 11 is 0. The number of terminal acetylenes is 1. The van der Waals surface area contributed by atoms with E-state index < -0.39 is 5.60 Å². The molecule has 0 aliphatic carbocycles. The number of ether oxygens (including phenoxy) is 1. The number of amides is 1. The van der Waals surface area contributed by atoms with Gasteiger partial charge in [-0.15, -0.1) is 30.4 Å². The lowest BCUT2D eigenvalue weighted by Gasteiger charge is -2.33.